The summed E-state index contributed by atoms with van der Waals surface area (Å²) < 4.78 is 0. The van der Waals surface area contributed by atoms with E-state index in [4.69, 9.17) is 5.73 Å². The molecule has 19 heavy (non-hydrogen) atoms. The molecule has 0 unspecified atom stereocenters. The highest BCUT2D eigenvalue weighted by molar-refractivity contribution is 5.90. The SMILES string of the molecule is CCC(CC)(CN)CNc1ccnc2ccccc12. The molecule has 0 radical (unpaired) electrons. The third kappa shape index (κ3) is 2.87. The number of para-hydroxylation sites is 1. The zero-order valence-corrected chi connectivity index (χ0v) is 11.8. The first kappa shape index (κ1) is 13.8. The van der Waals surface area contributed by atoms with Gasteiger partial charge >= 0.3 is 0 Å². The Morgan fingerprint density at radius 3 is 2.58 bits per heavy atom. The van der Waals surface area contributed by atoms with Crippen LogP contribution in [0.2, 0.25) is 0 Å². The molecule has 0 atom stereocenters. The zero-order chi connectivity index (χ0) is 13.7. The molecule has 0 spiro atoms. The smallest absolute Gasteiger partial charge is 0.0722 e. The molecular weight excluding hydrogens is 234 g/mol. The summed E-state index contributed by atoms with van der Waals surface area (Å²) in [6.07, 6.45) is 4.04. The van der Waals surface area contributed by atoms with Gasteiger partial charge in [0.05, 0.1) is 5.52 Å². The number of hydrogen-bond donors (Lipinski definition) is 2. The standard InChI is InChI=1S/C16H23N3/c1-3-16(4-2,11-17)12-19-15-9-10-18-14-8-6-5-7-13(14)15/h5-10H,3-4,11-12,17H2,1-2H3,(H,18,19). The average Bonchev–Trinajstić information content (AvgIpc) is 2.49. The van der Waals surface area contributed by atoms with Gasteiger partial charge < -0.3 is 11.1 Å². The number of rotatable bonds is 6. The van der Waals surface area contributed by atoms with Gasteiger partial charge in [0, 0.05) is 23.8 Å². The molecule has 2 aromatic rings. The summed E-state index contributed by atoms with van der Waals surface area (Å²) in [5, 5.41) is 4.73. The molecule has 0 amide bonds. The Balaban J connectivity index is 2.22. The fourth-order valence-corrected chi connectivity index (χ4v) is 2.39. The summed E-state index contributed by atoms with van der Waals surface area (Å²) in [5.41, 5.74) is 8.31. The molecule has 0 bridgehead atoms. The lowest BCUT2D eigenvalue weighted by atomic mass is 9.82. The van der Waals surface area contributed by atoms with E-state index in [-0.39, 0.29) is 5.41 Å². The minimum atomic E-state index is 0.185. The van der Waals surface area contributed by atoms with Crippen molar-refractivity contribution in [2.75, 3.05) is 18.4 Å². The summed E-state index contributed by atoms with van der Waals surface area (Å²) in [5.74, 6) is 0. The van der Waals surface area contributed by atoms with Gasteiger partial charge in [-0.1, -0.05) is 32.0 Å². The van der Waals surface area contributed by atoms with E-state index in [9.17, 15) is 0 Å². The number of anilines is 1. The number of nitrogens with zero attached hydrogens (tertiary/aromatic N) is 1. The number of fused-ring (bicyclic) bond motifs is 1. The van der Waals surface area contributed by atoms with E-state index in [1.54, 1.807) is 0 Å². The van der Waals surface area contributed by atoms with Crippen LogP contribution >= 0.6 is 0 Å². The predicted molar refractivity (Wildman–Crippen MR) is 82.3 cm³/mol. The van der Waals surface area contributed by atoms with Crippen molar-refractivity contribution >= 4 is 16.6 Å². The Labute approximate surface area is 115 Å². The summed E-state index contributed by atoms with van der Waals surface area (Å²) in [6, 6.07) is 10.2. The Bertz CT molecular complexity index is 519. The fourth-order valence-electron chi connectivity index (χ4n) is 2.39. The molecule has 0 saturated carbocycles. The van der Waals surface area contributed by atoms with Gasteiger partial charge in [0.15, 0.2) is 0 Å². The van der Waals surface area contributed by atoms with Gasteiger partial charge in [0.25, 0.3) is 0 Å². The first-order chi connectivity index (χ1) is 9.24. The molecule has 1 aromatic heterocycles. The Hall–Kier alpha value is -1.61. The Kier molecular flexibility index (Phi) is 4.38. The van der Waals surface area contributed by atoms with Crippen molar-refractivity contribution in [3.63, 3.8) is 0 Å². The lowest BCUT2D eigenvalue weighted by Gasteiger charge is -2.31. The third-order valence-electron chi connectivity index (χ3n) is 4.24. The Morgan fingerprint density at radius 1 is 1.16 bits per heavy atom. The molecule has 3 heteroatoms. The van der Waals surface area contributed by atoms with Gasteiger partial charge in [-0.25, -0.2) is 0 Å². The molecule has 0 aliphatic rings. The van der Waals surface area contributed by atoms with Crippen LogP contribution in [0.5, 0.6) is 0 Å². The topological polar surface area (TPSA) is 50.9 Å². The van der Waals surface area contributed by atoms with E-state index in [1.807, 2.05) is 30.5 Å². The largest absolute Gasteiger partial charge is 0.384 e. The van der Waals surface area contributed by atoms with Crippen molar-refractivity contribution in [2.24, 2.45) is 11.1 Å². The second kappa shape index (κ2) is 6.02. The van der Waals surface area contributed by atoms with Crippen LogP contribution < -0.4 is 11.1 Å². The highest BCUT2D eigenvalue weighted by Gasteiger charge is 2.24. The van der Waals surface area contributed by atoms with Crippen LogP contribution in [0.25, 0.3) is 10.9 Å². The molecule has 0 aliphatic heterocycles. The third-order valence-corrected chi connectivity index (χ3v) is 4.24. The molecule has 1 heterocycles. The van der Waals surface area contributed by atoms with E-state index < -0.39 is 0 Å². The minimum absolute atomic E-state index is 0.185. The van der Waals surface area contributed by atoms with Crippen molar-refractivity contribution < 1.29 is 0 Å². The molecular formula is C16H23N3. The molecule has 0 aliphatic carbocycles. The molecule has 2 rings (SSSR count). The fraction of sp³-hybridized carbons (Fsp3) is 0.438. The normalized spacial score (nSPS) is 11.7. The molecule has 1 aromatic carbocycles. The minimum Gasteiger partial charge on any atom is -0.384 e. The molecule has 0 saturated heterocycles. The predicted octanol–water partition coefficient (Wildman–Crippen LogP) is 3.41. The molecule has 102 valence electrons. The van der Waals surface area contributed by atoms with Gasteiger partial charge in [0.1, 0.15) is 0 Å². The lowest BCUT2D eigenvalue weighted by Crippen LogP contribution is -2.36. The first-order valence-corrected chi connectivity index (χ1v) is 7.02. The number of aromatic nitrogens is 1. The quantitative estimate of drug-likeness (QED) is 0.833. The van der Waals surface area contributed by atoms with Gasteiger partial charge in [-0.3, -0.25) is 4.98 Å². The van der Waals surface area contributed by atoms with Crippen LogP contribution in [0.3, 0.4) is 0 Å². The van der Waals surface area contributed by atoms with Crippen molar-refractivity contribution in [3.05, 3.63) is 36.5 Å². The van der Waals surface area contributed by atoms with E-state index >= 15 is 0 Å². The summed E-state index contributed by atoms with van der Waals surface area (Å²) in [7, 11) is 0. The van der Waals surface area contributed by atoms with Gasteiger partial charge in [-0.2, -0.15) is 0 Å². The van der Waals surface area contributed by atoms with Gasteiger partial charge in [-0.15, -0.1) is 0 Å². The second-order valence-corrected chi connectivity index (χ2v) is 5.14. The number of nitrogens with two attached hydrogens (primary N) is 1. The highest BCUT2D eigenvalue weighted by atomic mass is 14.9. The number of nitrogens with one attached hydrogen (secondary N) is 1. The Morgan fingerprint density at radius 2 is 1.89 bits per heavy atom. The van der Waals surface area contributed by atoms with Crippen molar-refractivity contribution in [2.45, 2.75) is 26.7 Å². The maximum Gasteiger partial charge on any atom is 0.0722 e. The van der Waals surface area contributed by atoms with Gasteiger partial charge in [0.2, 0.25) is 0 Å². The van der Waals surface area contributed by atoms with Crippen LogP contribution in [-0.2, 0) is 0 Å². The summed E-state index contributed by atoms with van der Waals surface area (Å²) in [4.78, 5) is 4.38. The van der Waals surface area contributed by atoms with Crippen molar-refractivity contribution in [1.82, 2.24) is 4.98 Å². The maximum atomic E-state index is 5.95. The molecule has 0 fully saturated rings. The highest BCUT2D eigenvalue weighted by Crippen LogP contribution is 2.27. The lowest BCUT2D eigenvalue weighted by molar-refractivity contribution is 0.295. The zero-order valence-electron chi connectivity index (χ0n) is 11.8. The van der Waals surface area contributed by atoms with E-state index in [0.29, 0.717) is 0 Å². The number of hydrogen-bond acceptors (Lipinski definition) is 3. The average molecular weight is 257 g/mol. The van der Waals surface area contributed by atoms with E-state index in [1.165, 1.54) is 5.39 Å². The second-order valence-electron chi connectivity index (χ2n) is 5.14. The van der Waals surface area contributed by atoms with Crippen molar-refractivity contribution in [3.8, 4) is 0 Å². The number of pyridine rings is 1. The van der Waals surface area contributed by atoms with Crippen LogP contribution in [-0.4, -0.2) is 18.1 Å². The van der Waals surface area contributed by atoms with Crippen LogP contribution in [0.1, 0.15) is 26.7 Å². The molecule has 3 nitrogen and oxygen atoms in total. The summed E-state index contributed by atoms with van der Waals surface area (Å²) >= 11 is 0. The maximum absolute atomic E-state index is 5.95. The van der Waals surface area contributed by atoms with E-state index in [2.05, 4.69) is 30.2 Å². The van der Waals surface area contributed by atoms with Crippen LogP contribution in [0, 0.1) is 5.41 Å². The summed E-state index contributed by atoms with van der Waals surface area (Å²) in [6.45, 7) is 6.05. The van der Waals surface area contributed by atoms with Crippen LogP contribution in [0.15, 0.2) is 36.5 Å². The van der Waals surface area contributed by atoms with Crippen molar-refractivity contribution in [1.29, 1.82) is 0 Å². The first-order valence-electron chi connectivity index (χ1n) is 7.02. The van der Waals surface area contributed by atoms with Crippen LogP contribution in [0.4, 0.5) is 5.69 Å². The van der Waals surface area contributed by atoms with Gasteiger partial charge in [-0.05, 0) is 36.9 Å². The monoisotopic (exact) mass is 257 g/mol. The van der Waals surface area contributed by atoms with E-state index in [0.717, 1.165) is 37.1 Å². The molecule has 3 N–H and O–H groups in total. The number of benzene rings is 1.